The Hall–Kier alpha value is -7.95. The van der Waals surface area contributed by atoms with Gasteiger partial charge in [-0.15, -0.1) is 22.7 Å². The number of aromatic nitrogens is 2. The lowest BCUT2D eigenvalue weighted by Gasteiger charge is -2.36. The highest BCUT2D eigenvalue weighted by Crippen LogP contribution is 2.33. The predicted molar refractivity (Wildman–Crippen MR) is 322 cm³/mol. The maximum absolute atomic E-state index is 12.7. The molecule has 0 spiro atoms. The van der Waals surface area contributed by atoms with Crippen LogP contribution < -0.4 is 38.2 Å². The molecular formula is C65H64N6O7S2. The minimum atomic E-state index is -0.841. The van der Waals surface area contributed by atoms with Gasteiger partial charge in [0.1, 0.15) is 36.2 Å². The van der Waals surface area contributed by atoms with Crippen LogP contribution in [-0.2, 0) is 13.2 Å². The topological polar surface area (TPSA) is 111 Å². The molecule has 0 unspecified atom stereocenters. The van der Waals surface area contributed by atoms with Crippen LogP contribution in [0.4, 0.5) is 16.2 Å². The number of hydrogen-bond donors (Lipinski definition) is 0. The van der Waals surface area contributed by atoms with Crippen LogP contribution in [0, 0.1) is 0 Å². The predicted octanol–water partition coefficient (Wildman–Crippen LogP) is 13.9. The number of nitrogens with zero attached hydrogens (tertiary/aromatic N) is 6. The summed E-state index contributed by atoms with van der Waals surface area (Å²) >= 11 is 3.62. The van der Waals surface area contributed by atoms with E-state index in [1.54, 1.807) is 24.3 Å². The van der Waals surface area contributed by atoms with Gasteiger partial charge < -0.3 is 38.2 Å². The lowest BCUT2D eigenvalue weighted by Crippen LogP contribution is -2.46. The second-order valence-corrected chi connectivity index (χ2v) is 22.2. The quantitative estimate of drug-likeness (QED) is 0.0365. The molecule has 0 amide bonds. The number of fused-ring (bicyclic) bond motifs is 4. The largest absolute Gasteiger partial charge is 0.519 e. The lowest BCUT2D eigenvalue weighted by molar-refractivity contribution is 0.152. The number of rotatable bonds is 22. The highest BCUT2D eigenvalue weighted by atomic mass is 32.1. The summed E-state index contributed by atoms with van der Waals surface area (Å²) in [7, 11) is 0. The van der Waals surface area contributed by atoms with Crippen molar-refractivity contribution in [1.29, 1.82) is 0 Å². The van der Waals surface area contributed by atoms with Crippen LogP contribution in [0.1, 0.15) is 36.8 Å². The Balaban J connectivity index is 0.527. The summed E-state index contributed by atoms with van der Waals surface area (Å²) in [5.74, 6) is 3.31. The van der Waals surface area contributed by atoms with Gasteiger partial charge in [0.05, 0.1) is 24.2 Å². The molecule has 4 aromatic heterocycles. The van der Waals surface area contributed by atoms with E-state index in [0.717, 1.165) is 136 Å². The SMILES string of the molecule is O=C(Oc1ccc(COc2ccc3ccc(OCCCCN4CCN(c5cccc6sccc56)CC4)cc3n2)cc1)Oc1ccc(COc2ccc3ccc(OCCCCN4CCN(c5cccc6sccc56)CC4)cc3n2)cc1. The van der Waals surface area contributed by atoms with Crippen molar-refractivity contribution < 1.29 is 33.2 Å². The molecule has 0 aliphatic carbocycles. The van der Waals surface area contributed by atoms with Gasteiger partial charge in [0, 0.05) is 119 Å². The fraction of sp³-hybridized carbons (Fsp3) is 0.277. The molecule has 6 heterocycles. The van der Waals surface area contributed by atoms with Crippen molar-refractivity contribution >= 4 is 82.2 Å². The molecule has 0 radical (unpaired) electrons. The van der Waals surface area contributed by atoms with Crippen LogP contribution in [-0.4, -0.2) is 105 Å². The van der Waals surface area contributed by atoms with Gasteiger partial charge in [-0.05, 0) is 158 Å². The summed E-state index contributed by atoms with van der Waals surface area (Å²) in [6, 6.07) is 51.7. The zero-order valence-electron chi connectivity index (χ0n) is 44.8. The number of carbonyl (C=O) groups excluding carboxylic acids is 1. The first-order chi connectivity index (χ1) is 39.5. The summed E-state index contributed by atoms with van der Waals surface area (Å²) < 4.78 is 38.1. The zero-order chi connectivity index (χ0) is 53.9. The van der Waals surface area contributed by atoms with Crippen LogP contribution in [0.25, 0.3) is 42.0 Å². The van der Waals surface area contributed by atoms with E-state index in [4.69, 9.17) is 38.4 Å². The fourth-order valence-electron chi connectivity index (χ4n) is 10.5. The van der Waals surface area contributed by atoms with Crippen molar-refractivity contribution in [3.63, 3.8) is 0 Å². The van der Waals surface area contributed by atoms with Gasteiger partial charge >= 0.3 is 6.16 Å². The normalized spacial score (nSPS) is 14.2. The number of carbonyl (C=O) groups is 1. The van der Waals surface area contributed by atoms with Gasteiger partial charge in [0.25, 0.3) is 0 Å². The molecule has 0 atom stereocenters. The number of hydrogen-bond acceptors (Lipinski definition) is 15. The molecule has 6 aromatic carbocycles. The molecule has 2 saturated heterocycles. The van der Waals surface area contributed by atoms with Crippen molar-refractivity contribution in [1.82, 2.24) is 19.8 Å². The van der Waals surface area contributed by atoms with E-state index in [1.165, 1.54) is 31.5 Å². The van der Waals surface area contributed by atoms with E-state index in [1.807, 2.05) is 108 Å². The Morgan fingerprint density at radius 1 is 0.438 bits per heavy atom. The van der Waals surface area contributed by atoms with Crippen LogP contribution in [0.3, 0.4) is 0 Å². The van der Waals surface area contributed by atoms with E-state index >= 15 is 0 Å². The molecular weight excluding hydrogens is 1040 g/mol. The van der Waals surface area contributed by atoms with Crippen LogP contribution >= 0.6 is 22.7 Å². The monoisotopic (exact) mass is 1100 g/mol. The summed E-state index contributed by atoms with van der Waals surface area (Å²) in [6.07, 6.45) is 3.31. The Morgan fingerprint density at radius 3 is 1.31 bits per heavy atom. The maximum Gasteiger partial charge on any atom is 0.519 e. The summed E-state index contributed by atoms with van der Waals surface area (Å²) in [4.78, 5) is 32.4. The Kier molecular flexibility index (Phi) is 16.8. The number of pyridine rings is 2. The van der Waals surface area contributed by atoms with Crippen LogP contribution in [0.2, 0.25) is 0 Å². The molecule has 0 bridgehead atoms. The molecule has 13 nitrogen and oxygen atoms in total. The average Bonchev–Trinajstić information content (AvgIpc) is 4.20. The van der Waals surface area contributed by atoms with Gasteiger partial charge in [-0.25, -0.2) is 14.8 Å². The second-order valence-electron chi connectivity index (χ2n) is 20.3. The molecule has 0 N–H and O–H groups in total. The molecule has 408 valence electrons. The van der Waals surface area contributed by atoms with Crippen LogP contribution in [0.5, 0.6) is 34.8 Å². The molecule has 12 rings (SSSR count). The summed E-state index contributed by atoms with van der Waals surface area (Å²) in [6.45, 7) is 12.6. The molecule has 15 heteroatoms. The standard InChI is InChI=1S/C65H64N6O7S2/c72-65(77-51-19-11-47(12-20-51)45-75-63-25-17-49-15-23-53(43-57(49)66-63)73-39-3-1-29-68-31-35-70(36-32-68)59-7-5-9-61-55(59)27-41-79-61)78-52-21-13-48(14-22-52)46-76-64-26-18-50-16-24-54(44-58(50)67-64)74-40-4-2-30-69-33-37-71(38-34-69)60-8-6-10-62-56(60)28-42-80-62/h5-28,41-44H,1-4,29-40,45-46H2. The second kappa shape index (κ2) is 25.4. The molecule has 2 fully saturated rings. The number of anilines is 2. The molecule has 80 heavy (non-hydrogen) atoms. The van der Waals surface area contributed by atoms with Crippen molar-refractivity contribution in [3.05, 3.63) is 180 Å². The Morgan fingerprint density at radius 2 is 0.863 bits per heavy atom. The lowest BCUT2D eigenvalue weighted by atomic mass is 10.2. The van der Waals surface area contributed by atoms with Gasteiger partial charge in [-0.3, -0.25) is 9.80 Å². The van der Waals surface area contributed by atoms with Gasteiger partial charge in [-0.1, -0.05) is 36.4 Å². The number of benzene rings is 6. The number of ether oxygens (including phenoxy) is 6. The first-order valence-electron chi connectivity index (χ1n) is 27.8. The van der Waals surface area contributed by atoms with Crippen molar-refractivity contribution in [3.8, 4) is 34.8 Å². The third-order valence-electron chi connectivity index (χ3n) is 14.9. The van der Waals surface area contributed by atoms with Gasteiger partial charge in [0.2, 0.25) is 11.8 Å². The maximum atomic E-state index is 12.7. The van der Waals surface area contributed by atoms with Crippen molar-refractivity contribution in [2.45, 2.75) is 38.9 Å². The summed E-state index contributed by atoms with van der Waals surface area (Å²) in [5.41, 5.74) is 6.11. The Labute approximate surface area is 474 Å². The number of unbranched alkanes of at least 4 members (excludes halogenated alkanes) is 2. The minimum Gasteiger partial charge on any atom is -0.494 e. The average molecular weight is 1110 g/mol. The smallest absolute Gasteiger partial charge is 0.494 e. The third kappa shape index (κ3) is 13.4. The first kappa shape index (κ1) is 52.7. The van der Waals surface area contributed by atoms with Crippen molar-refractivity contribution in [2.24, 2.45) is 0 Å². The van der Waals surface area contributed by atoms with E-state index < -0.39 is 6.16 Å². The van der Waals surface area contributed by atoms with Gasteiger partial charge in [0.15, 0.2) is 0 Å². The number of thiophene rings is 2. The molecule has 10 aromatic rings. The first-order valence-corrected chi connectivity index (χ1v) is 29.5. The number of piperazine rings is 2. The highest BCUT2D eigenvalue weighted by Gasteiger charge is 2.21. The fourth-order valence-corrected chi connectivity index (χ4v) is 12.1. The van der Waals surface area contributed by atoms with E-state index in [-0.39, 0.29) is 13.2 Å². The van der Waals surface area contributed by atoms with E-state index in [2.05, 4.69) is 78.9 Å². The van der Waals surface area contributed by atoms with E-state index in [0.29, 0.717) is 36.5 Å². The van der Waals surface area contributed by atoms with E-state index in [9.17, 15) is 4.79 Å². The van der Waals surface area contributed by atoms with Gasteiger partial charge in [-0.2, -0.15) is 0 Å². The molecule has 2 aliphatic heterocycles. The van der Waals surface area contributed by atoms with Crippen LogP contribution in [0.15, 0.2) is 168 Å². The Bertz CT molecular complexity index is 3430. The molecule has 0 saturated carbocycles. The highest BCUT2D eigenvalue weighted by molar-refractivity contribution is 7.17. The summed E-state index contributed by atoms with van der Waals surface area (Å²) in [5, 5.41) is 9.13. The minimum absolute atomic E-state index is 0.289. The zero-order valence-corrected chi connectivity index (χ0v) is 46.4. The van der Waals surface area contributed by atoms with Crippen molar-refractivity contribution in [2.75, 3.05) is 88.5 Å². The third-order valence-corrected chi connectivity index (χ3v) is 16.7. The molecule has 2 aliphatic rings.